The third kappa shape index (κ3) is 5.24. The molecule has 2 aromatic rings. The highest BCUT2D eigenvalue weighted by Gasteiger charge is 2.28. The number of rotatable bonds is 6. The van der Waals surface area contributed by atoms with E-state index in [-0.39, 0.29) is 17.0 Å². The van der Waals surface area contributed by atoms with Crippen molar-refractivity contribution in [1.29, 1.82) is 0 Å². The first-order valence-corrected chi connectivity index (χ1v) is 10.5. The zero-order valence-electron chi connectivity index (χ0n) is 16.8. The largest absolute Gasteiger partial charge is 0.454 e. The third-order valence-corrected chi connectivity index (χ3v) is 5.59. The highest BCUT2D eigenvalue weighted by molar-refractivity contribution is 9.10. The third-order valence-electron chi connectivity index (χ3n) is 5.10. The number of ketones is 1. The molecule has 0 saturated carbocycles. The van der Waals surface area contributed by atoms with Gasteiger partial charge in [0.05, 0.1) is 10.5 Å². The maximum atomic E-state index is 12.4. The van der Waals surface area contributed by atoms with Gasteiger partial charge < -0.3 is 9.64 Å². The van der Waals surface area contributed by atoms with Gasteiger partial charge in [0, 0.05) is 29.2 Å². The average Bonchev–Trinajstić information content (AvgIpc) is 2.70. The van der Waals surface area contributed by atoms with Crippen molar-refractivity contribution in [3.05, 3.63) is 68.2 Å². The van der Waals surface area contributed by atoms with Gasteiger partial charge in [-0.1, -0.05) is 41.9 Å². The number of esters is 1. The SMILES string of the molecule is CC1CC(C)CN(c2ccc(C(=O)OCC(=O)c3cccc(Br)c3)cc2[N+](=O)[O-])C1. The van der Waals surface area contributed by atoms with Gasteiger partial charge in [-0.2, -0.15) is 0 Å². The summed E-state index contributed by atoms with van der Waals surface area (Å²) in [4.78, 5) is 37.8. The van der Waals surface area contributed by atoms with Gasteiger partial charge in [-0.05, 0) is 42.5 Å². The van der Waals surface area contributed by atoms with E-state index < -0.39 is 17.5 Å². The van der Waals surface area contributed by atoms with Gasteiger partial charge in [-0.3, -0.25) is 14.9 Å². The first kappa shape index (κ1) is 22.0. The molecule has 1 fully saturated rings. The van der Waals surface area contributed by atoms with Crippen molar-refractivity contribution >= 4 is 39.1 Å². The summed E-state index contributed by atoms with van der Waals surface area (Å²) in [6.07, 6.45) is 1.08. The molecule has 8 heteroatoms. The first-order chi connectivity index (χ1) is 14.2. The summed E-state index contributed by atoms with van der Waals surface area (Å²) >= 11 is 3.29. The monoisotopic (exact) mass is 474 g/mol. The molecule has 0 aliphatic carbocycles. The zero-order chi connectivity index (χ0) is 21.8. The van der Waals surface area contributed by atoms with Crippen LogP contribution in [0.15, 0.2) is 46.9 Å². The lowest BCUT2D eigenvalue weighted by Crippen LogP contribution is -2.39. The van der Waals surface area contributed by atoms with E-state index in [1.54, 1.807) is 30.3 Å². The van der Waals surface area contributed by atoms with Crippen molar-refractivity contribution < 1.29 is 19.2 Å². The number of anilines is 1. The molecular formula is C22H23BrN2O5. The number of piperidine rings is 1. The number of Topliss-reactive ketones (excluding diaryl/α,β-unsaturated/α-hetero) is 1. The number of carbonyl (C=O) groups is 2. The molecule has 2 unspecified atom stereocenters. The average molecular weight is 475 g/mol. The Labute approximate surface area is 183 Å². The van der Waals surface area contributed by atoms with Crippen LogP contribution in [0.25, 0.3) is 0 Å². The predicted molar refractivity (Wildman–Crippen MR) is 117 cm³/mol. The minimum Gasteiger partial charge on any atom is -0.454 e. The fraction of sp³-hybridized carbons (Fsp3) is 0.364. The summed E-state index contributed by atoms with van der Waals surface area (Å²) in [5.41, 5.74) is 0.821. The van der Waals surface area contributed by atoms with Crippen LogP contribution in [0.4, 0.5) is 11.4 Å². The van der Waals surface area contributed by atoms with E-state index >= 15 is 0 Å². The Bertz CT molecular complexity index is 968. The van der Waals surface area contributed by atoms with Crippen LogP contribution in [-0.2, 0) is 4.74 Å². The molecule has 30 heavy (non-hydrogen) atoms. The quantitative estimate of drug-likeness (QED) is 0.256. The highest BCUT2D eigenvalue weighted by atomic mass is 79.9. The second kappa shape index (κ2) is 9.38. The minimum atomic E-state index is -0.770. The summed E-state index contributed by atoms with van der Waals surface area (Å²) in [6, 6.07) is 11.1. The molecule has 1 aliphatic rings. The summed E-state index contributed by atoms with van der Waals surface area (Å²) in [7, 11) is 0. The molecule has 2 atom stereocenters. The van der Waals surface area contributed by atoms with E-state index in [0.717, 1.165) is 24.0 Å². The molecule has 158 valence electrons. The van der Waals surface area contributed by atoms with Crippen LogP contribution < -0.4 is 4.90 Å². The van der Waals surface area contributed by atoms with E-state index in [9.17, 15) is 19.7 Å². The molecule has 2 aromatic carbocycles. The molecule has 0 bridgehead atoms. The van der Waals surface area contributed by atoms with Crippen molar-refractivity contribution in [2.24, 2.45) is 11.8 Å². The van der Waals surface area contributed by atoms with E-state index in [1.165, 1.54) is 12.1 Å². The maximum absolute atomic E-state index is 12.4. The lowest BCUT2D eigenvalue weighted by atomic mass is 9.91. The van der Waals surface area contributed by atoms with E-state index in [2.05, 4.69) is 29.8 Å². The summed E-state index contributed by atoms with van der Waals surface area (Å²) < 4.78 is 5.84. The van der Waals surface area contributed by atoms with Gasteiger partial charge in [0.25, 0.3) is 5.69 Å². The van der Waals surface area contributed by atoms with Crippen LogP contribution in [0.1, 0.15) is 41.0 Å². The van der Waals surface area contributed by atoms with Gasteiger partial charge in [0.1, 0.15) is 5.69 Å². The molecule has 1 heterocycles. The van der Waals surface area contributed by atoms with Crippen molar-refractivity contribution in [1.82, 2.24) is 0 Å². The number of nitro benzene ring substituents is 1. The Hall–Kier alpha value is -2.74. The second-order valence-electron chi connectivity index (χ2n) is 7.82. The molecule has 3 rings (SSSR count). The number of hydrogen-bond donors (Lipinski definition) is 0. The number of hydrogen-bond acceptors (Lipinski definition) is 6. The van der Waals surface area contributed by atoms with Gasteiger partial charge in [0.2, 0.25) is 0 Å². The summed E-state index contributed by atoms with van der Waals surface area (Å²) in [5, 5.41) is 11.7. The Balaban J connectivity index is 1.74. The van der Waals surface area contributed by atoms with Crippen molar-refractivity contribution in [3.8, 4) is 0 Å². The van der Waals surface area contributed by atoms with Gasteiger partial charge in [-0.25, -0.2) is 4.79 Å². The number of halogens is 1. The number of nitrogens with zero attached hydrogens (tertiary/aromatic N) is 2. The molecule has 0 N–H and O–H groups in total. The van der Waals surface area contributed by atoms with Crippen LogP contribution in [0, 0.1) is 22.0 Å². The molecular weight excluding hydrogens is 452 g/mol. The van der Waals surface area contributed by atoms with Crippen LogP contribution >= 0.6 is 15.9 Å². The molecule has 7 nitrogen and oxygen atoms in total. The number of carbonyl (C=O) groups excluding carboxylic acids is 2. The van der Waals surface area contributed by atoms with Crippen molar-refractivity contribution in [2.45, 2.75) is 20.3 Å². The Kier molecular flexibility index (Phi) is 6.87. The smallest absolute Gasteiger partial charge is 0.338 e. The van der Waals surface area contributed by atoms with Gasteiger partial charge in [0.15, 0.2) is 12.4 Å². The minimum absolute atomic E-state index is 0.0469. The number of nitro groups is 1. The van der Waals surface area contributed by atoms with E-state index in [0.29, 0.717) is 23.1 Å². The fourth-order valence-corrected chi connectivity index (χ4v) is 4.28. The predicted octanol–water partition coefficient (Wildman–Crippen LogP) is 4.88. The number of ether oxygens (including phenoxy) is 1. The van der Waals surface area contributed by atoms with Gasteiger partial charge in [-0.15, -0.1) is 0 Å². The molecule has 0 amide bonds. The van der Waals surface area contributed by atoms with Crippen molar-refractivity contribution in [3.63, 3.8) is 0 Å². The highest BCUT2D eigenvalue weighted by Crippen LogP contribution is 2.34. The lowest BCUT2D eigenvalue weighted by Gasteiger charge is -2.36. The molecule has 0 aromatic heterocycles. The summed E-state index contributed by atoms with van der Waals surface area (Å²) in [5.74, 6) is -0.260. The van der Waals surface area contributed by atoms with Crippen LogP contribution in [0.5, 0.6) is 0 Å². The number of benzene rings is 2. The lowest BCUT2D eigenvalue weighted by molar-refractivity contribution is -0.384. The molecule has 1 saturated heterocycles. The normalized spacial score (nSPS) is 18.7. The molecule has 1 aliphatic heterocycles. The second-order valence-corrected chi connectivity index (χ2v) is 8.74. The topological polar surface area (TPSA) is 89.8 Å². The van der Waals surface area contributed by atoms with Crippen LogP contribution in [-0.4, -0.2) is 36.4 Å². The summed E-state index contributed by atoms with van der Waals surface area (Å²) in [6.45, 7) is 5.28. The maximum Gasteiger partial charge on any atom is 0.338 e. The standard InChI is InChI=1S/C22H23BrN2O5/c1-14-8-15(2)12-24(11-14)19-7-6-17(10-20(19)25(28)29)22(27)30-13-21(26)16-4-3-5-18(23)9-16/h3-7,9-10,14-15H,8,11-13H2,1-2H3. The Morgan fingerprint density at radius 2 is 1.83 bits per heavy atom. The van der Waals surface area contributed by atoms with Crippen molar-refractivity contribution in [2.75, 3.05) is 24.6 Å². The zero-order valence-corrected chi connectivity index (χ0v) is 18.4. The van der Waals surface area contributed by atoms with Crippen LogP contribution in [0.2, 0.25) is 0 Å². The molecule has 0 spiro atoms. The Morgan fingerprint density at radius 1 is 1.13 bits per heavy atom. The molecule has 0 radical (unpaired) electrons. The van der Waals surface area contributed by atoms with Crippen LogP contribution in [0.3, 0.4) is 0 Å². The van der Waals surface area contributed by atoms with E-state index in [1.807, 2.05) is 4.90 Å². The van der Waals surface area contributed by atoms with Gasteiger partial charge >= 0.3 is 5.97 Å². The fourth-order valence-electron chi connectivity index (χ4n) is 3.88. The van der Waals surface area contributed by atoms with E-state index in [4.69, 9.17) is 4.74 Å². The Morgan fingerprint density at radius 3 is 2.47 bits per heavy atom. The first-order valence-electron chi connectivity index (χ1n) is 9.74.